The molecule has 0 spiro atoms. The summed E-state index contributed by atoms with van der Waals surface area (Å²) in [5.41, 5.74) is 3.15. The van der Waals surface area contributed by atoms with Crippen LogP contribution in [0.25, 0.3) is 11.0 Å². The molecule has 3 heterocycles. The van der Waals surface area contributed by atoms with Crippen LogP contribution in [0.1, 0.15) is 58.6 Å². The largest absolute Gasteiger partial charge is 0.494 e. The third kappa shape index (κ3) is 3.63. The summed E-state index contributed by atoms with van der Waals surface area (Å²) in [7, 11) is 0. The van der Waals surface area contributed by atoms with Gasteiger partial charge < -0.3 is 9.15 Å². The predicted molar refractivity (Wildman–Crippen MR) is 129 cm³/mol. The van der Waals surface area contributed by atoms with E-state index in [-0.39, 0.29) is 17.1 Å². The first-order chi connectivity index (χ1) is 16.5. The topological polar surface area (TPSA) is 85.5 Å². The first-order valence-corrected chi connectivity index (χ1v) is 11.4. The van der Waals surface area contributed by atoms with Gasteiger partial charge in [0.05, 0.1) is 23.6 Å². The van der Waals surface area contributed by atoms with Gasteiger partial charge in [-0.2, -0.15) is 0 Å². The lowest BCUT2D eigenvalue weighted by Crippen LogP contribution is -2.31. The zero-order valence-electron chi connectivity index (χ0n) is 19.4. The molecule has 5 rings (SSSR count). The molecule has 1 aliphatic rings. The predicted octanol–water partition coefficient (Wildman–Crippen LogP) is 5.13. The fourth-order valence-corrected chi connectivity index (χ4v) is 4.27. The van der Waals surface area contributed by atoms with Crippen LogP contribution in [0.15, 0.2) is 64.1 Å². The fraction of sp³-hybridized carbons (Fsp3) is 0.259. The molecule has 7 heteroatoms. The van der Waals surface area contributed by atoms with Crippen LogP contribution in [0, 0.1) is 13.8 Å². The summed E-state index contributed by atoms with van der Waals surface area (Å²) in [5.74, 6) is 0.464. The quantitative estimate of drug-likeness (QED) is 0.375. The van der Waals surface area contributed by atoms with Crippen molar-refractivity contribution in [2.75, 3.05) is 11.5 Å². The molecule has 1 amide bonds. The second-order valence-corrected chi connectivity index (χ2v) is 8.51. The molecule has 2 aromatic carbocycles. The monoisotopic (exact) mass is 455 g/mol. The van der Waals surface area contributed by atoms with Crippen molar-refractivity contribution in [1.29, 1.82) is 0 Å². The van der Waals surface area contributed by atoms with Crippen LogP contribution in [0.5, 0.6) is 5.75 Å². The maximum Gasteiger partial charge on any atom is 0.297 e. The van der Waals surface area contributed by atoms with Crippen molar-refractivity contribution in [3.8, 4) is 5.75 Å². The lowest BCUT2D eigenvalue weighted by atomic mass is 9.97. The van der Waals surface area contributed by atoms with Crippen LogP contribution in [0.3, 0.4) is 0 Å². The van der Waals surface area contributed by atoms with E-state index in [0.29, 0.717) is 28.9 Å². The van der Waals surface area contributed by atoms with Gasteiger partial charge in [0.25, 0.3) is 5.91 Å². The van der Waals surface area contributed by atoms with Gasteiger partial charge in [-0.1, -0.05) is 25.5 Å². The molecule has 0 N–H and O–H groups in total. The van der Waals surface area contributed by atoms with E-state index in [0.717, 1.165) is 29.5 Å². The van der Waals surface area contributed by atoms with Crippen LogP contribution in [-0.4, -0.2) is 22.5 Å². The molecule has 1 aliphatic heterocycles. The van der Waals surface area contributed by atoms with Crippen molar-refractivity contribution < 1.29 is 13.9 Å². The van der Waals surface area contributed by atoms with Gasteiger partial charge >= 0.3 is 0 Å². The molecule has 1 unspecified atom stereocenters. The number of aromatic nitrogens is 2. The number of rotatable bonds is 6. The van der Waals surface area contributed by atoms with Gasteiger partial charge in [-0.25, -0.2) is 9.97 Å². The highest BCUT2D eigenvalue weighted by atomic mass is 16.5. The number of nitrogens with zero attached hydrogens (tertiary/aromatic N) is 3. The lowest BCUT2D eigenvalue weighted by molar-refractivity contribution is 0.0969. The SMILES string of the molecule is CCCCOc1cccc(C2c3c(oc4cc(C)c(C)cc4c3=O)C(=O)N2c2ncccn2)c1. The molecule has 2 aromatic heterocycles. The number of carbonyl (C=O) groups excluding carboxylic acids is 1. The Morgan fingerprint density at radius 2 is 1.79 bits per heavy atom. The highest BCUT2D eigenvalue weighted by Crippen LogP contribution is 2.40. The molecule has 0 fully saturated rings. The highest BCUT2D eigenvalue weighted by molar-refractivity contribution is 6.09. The molecule has 0 bridgehead atoms. The van der Waals surface area contributed by atoms with Crippen molar-refractivity contribution in [2.45, 2.75) is 39.7 Å². The molecule has 0 aliphatic carbocycles. The molecule has 0 saturated heterocycles. The van der Waals surface area contributed by atoms with Gasteiger partial charge in [0.2, 0.25) is 11.7 Å². The van der Waals surface area contributed by atoms with E-state index in [1.807, 2.05) is 44.2 Å². The minimum atomic E-state index is -0.734. The average Bonchev–Trinajstić information content (AvgIpc) is 3.14. The Kier molecular flexibility index (Phi) is 5.61. The molecular formula is C27H25N3O4. The van der Waals surface area contributed by atoms with E-state index in [9.17, 15) is 9.59 Å². The molecule has 1 atom stereocenters. The van der Waals surface area contributed by atoms with Gasteiger partial charge in [-0.15, -0.1) is 0 Å². The van der Waals surface area contributed by atoms with Crippen LogP contribution >= 0.6 is 0 Å². The maximum atomic E-state index is 13.8. The number of hydrogen-bond donors (Lipinski definition) is 0. The minimum Gasteiger partial charge on any atom is -0.494 e. The summed E-state index contributed by atoms with van der Waals surface area (Å²) >= 11 is 0. The number of carbonyl (C=O) groups is 1. The zero-order valence-corrected chi connectivity index (χ0v) is 19.4. The molecule has 0 saturated carbocycles. The van der Waals surface area contributed by atoms with E-state index < -0.39 is 11.9 Å². The average molecular weight is 456 g/mol. The Morgan fingerprint density at radius 1 is 1.03 bits per heavy atom. The van der Waals surface area contributed by atoms with Crippen molar-refractivity contribution in [3.05, 3.63) is 93.1 Å². The Labute approximate surface area is 197 Å². The first-order valence-electron chi connectivity index (χ1n) is 11.4. The van der Waals surface area contributed by atoms with Crippen molar-refractivity contribution in [3.63, 3.8) is 0 Å². The van der Waals surface area contributed by atoms with Crippen LogP contribution < -0.4 is 15.1 Å². The Bertz CT molecular complexity index is 1450. The highest BCUT2D eigenvalue weighted by Gasteiger charge is 2.45. The standard InChI is InChI=1S/C27H25N3O4/c1-4-5-12-33-19-9-6-8-18(15-19)23-22-24(31)20-13-16(2)17(3)14-21(20)34-25(22)26(32)30(23)27-28-10-7-11-29-27/h6-11,13-15,23H,4-5,12H2,1-3H3. The fourth-order valence-electron chi connectivity index (χ4n) is 4.27. The van der Waals surface area contributed by atoms with E-state index in [2.05, 4.69) is 16.9 Å². The third-order valence-corrected chi connectivity index (χ3v) is 6.19. The summed E-state index contributed by atoms with van der Waals surface area (Å²) in [6.45, 7) is 6.59. The normalized spacial score (nSPS) is 15.1. The van der Waals surface area contributed by atoms with Gasteiger partial charge in [0.15, 0.2) is 5.43 Å². The van der Waals surface area contributed by atoms with Crippen molar-refractivity contribution in [2.24, 2.45) is 0 Å². The smallest absolute Gasteiger partial charge is 0.297 e. The summed E-state index contributed by atoms with van der Waals surface area (Å²) in [5, 5.41) is 0.450. The number of benzene rings is 2. The van der Waals surface area contributed by atoms with Gasteiger partial charge in [0, 0.05) is 12.4 Å². The molecule has 4 aromatic rings. The second kappa shape index (κ2) is 8.74. The third-order valence-electron chi connectivity index (χ3n) is 6.19. The molecule has 34 heavy (non-hydrogen) atoms. The second-order valence-electron chi connectivity index (χ2n) is 8.51. The Balaban J connectivity index is 1.73. The Morgan fingerprint density at radius 3 is 2.56 bits per heavy atom. The maximum absolute atomic E-state index is 13.8. The zero-order chi connectivity index (χ0) is 23.8. The van der Waals surface area contributed by atoms with E-state index >= 15 is 0 Å². The molecule has 0 radical (unpaired) electrons. The number of aryl methyl sites for hydroxylation is 2. The van der Waals surface area contributed by atoms with E-state index in [1.54, 1.807) is 24.5 Å². The summed E-state index contributed by atoms with van der Waals surface area (Å²) in [4.78, 5) is 37.4. The van der Waals surface area contributed by atoms with E-state index in [1.165, 1.54) is 4.90 Å². The van der Waals surface area contributed by atoms with Gasteiger partial charge in [-0.3, -0.25) is 14.5 Å². The number of amides is 1. The molecule has 172 valence electrons. The van der Waals surface area contributed by atoms with Crippen molar-refractivity contribution in [1.82, 2.24) is 9.97 Å². The van der Waals surface area contributed by atoms with Gasteiger partial charge in [0.1, 0.15) is 11.3 Å². The minimum absolute atomic E-state index is 0.0236. The van der Waals surface area contributed by atoms with Crippen molar-refractivity contribution >= 4 is 22.8 Å². The lowest BCUT2D eigenvalue weighted by Gasteiger charge is -2.23. The summed E-state index contributed by atoms with van der Waals surface area (Å²) in [6.07, 6.45) is 5.10. The van der Waals surface area contributed by atoms with Crippen LogP contribution in [0.4, 0.5) is 5.95 Å². The van der Waals surface area contributed by atoms with E-state index in [4.69, 9.17) is 9.15 Å². The summed E-state index contributed by atoms with van der Waals surface area (Å²) in [6, 6.07) is 12.0. The first kappa shape index (κ1) is 21.8. The number of ether oxygens (including phenoxy) is 1. The van der Waals surface area contributed by atoms with Crippen LogP contribution in [0.2, 0.25) is 0 Å². The number of anilines is 1. The number of unbranched alkanes of at least 4 members (excludes halogenated alkanes) is 1. The van der Waals surface area contributed by atoms with Gasteiger partial charge in [-0.05, 0) is 67.3 Å². The number of hydrogen-bond acceptors (Lipinski definition) is 6. The molecular weight excluding hydrogens is 430 g/mol. The number of fused-ring (bicyclic) bond motifs is 2. The molecule has 7 nitrogen and oxygen atoms in total. The summed E-state index contributed by atoms with van der Waals surface area (Å²) < 4.78 is 12.0. The Hall–Kier alpha value is -4.00. The van der Waals surface area contributed by atoms with Crippen LogP contribution in [-0.2, 0) is 0 Å².